The lowest BCUT2D eigenvalue weighted by Crippen LogP contribution is -2.49. The van der Waals surface area contributed by atoms with E-state index in [1.807, 2.05) is 72.8 Å². The van der Waals surface area contributed by atoms with Crippen LogP contribution in [0.3, 0.4) is 0 Å². The maximum atomic E-state index is 13.6. The Labute approximate surface area is 220 Å². The number of aliphatic hydroxyl groups is 1. The lowest BCUT2D eigenvalue weighted by Gasteiger charge is -2.28. The predicted octanol–water partition coefficient (Wildman–Crippen LogP) is 3.26. The standard InChI is InChI=1S/C30H30N4O4/c1-33(18-20-10-4-2-5-11-20)30(38)27(21-12-6-3-7-13-21)32-28(36)26-16-22(35)19-34(26)29(37)24-17-31-25-15-9-8-14-23(24)25/h2-15,17,22,26-27,31,35H,16,18-19H2,1H3,(H,32,36). The molecule has 3 atom stereocenters. The Kier molecular flexibility index (Phi) is 7.24. The van der Waals surface area contributed by atoms with Crippen LogP contribution in [0.5, 0.6) is 0 Å². The van der Waals surface area contributed by atoms with Crippen LogP contribution in [0.15, 0.2) is 91.1 Å². The minimum absolute atomic E-state index is 0.0360. The summed E-state index contributed by atoms with van der Waals surface area (Å²) >= 11 is 0. The zero-order valence-electron chi connectivity index (χ0n) is 21.1. The van der Waals surface area contributed by atoms with Crippen LogP contribution in [0.25, 0.3) is 10.9 Å². The number of aromatic amines is 1. The zero-order valence-corrected chi connectivity index (χ0v) is 21.1. The zero-order chi connectivity index (χ0) is 26.6. The van der Waals surface area contributed by atoms with Gasteiger partial charge in [-0.1, -0.05) is 78.9 Å². The summed E-state index contributed by atoms with van der Waals surface area (Å²) in [5.74, 6) is -1.10. The molecule has 8 nitrogen and oxygen atoms in total. The van der Waals surface area contributed by atoms with Crippen LogP contribution < -0.4 is 5.32 Å². The molecule has 3 amide bonds. The summed E-state index contributed by atoms with van der Waals surface area (Å²) in [5, 5.41) is 14.1. The molecule has 3 N–H and O–H groups in total. The molecular weight excluding hydrogens is 480 g/mol. The van der Waals surface area contributed by atoms with Gasteiger partial charge in [0.05, 0.1) is 11.7 Å². The average molecular weight is 511 g/mol. The van der Waals surface area contributed by atoms with E-state index >= 15 is 0 Å². The largest absolute Gasteiger partial charge is 0.391 e. The van der Waals surface area contributed by atoms with Gasteiger partial charge in [-0.3, -0.25) is 14.4 Å². The Hall–Kier alpha value is -4.43. The number of carbonyl (C=O) groups excluding carboxylic acids is 3. The summed E-state index contributed by atoms with van der Waals surface area (Å²) in [6.07, 6.45) is 0.878. The Morgan fingerprint density at radius 3 is 2.39 bits per heavy atom. The topological polar surface area (TPSA) is 106 Å². The van der Waals surface area contributed by atoms with Crippen molar-refractivity contribution in [3.05, 3.63) is 108 Å². The van der Waals surface area contributed by atoms with E-state index < -0.39 is 24.1 Å². The number of nitrogens with one attached hydrogen (secondary N) is 2. The number of aromatic nitrogens is 1. The molecule has 2 heterocycles. The smallest absolute Gasteiger partial charge is 0.256 e. The van der Waals surface area contributed by atoms with Gasteiger partial charge in [0, 0.05) is 43.7 Å². The molecule has 0 aliphatic carbocycles. The van der Waals surface area contributed by atoms with Gasteiger partial charge in [-0.25, -0.2) is 0 Å². The fourth-order valence-corrected chi connectivity index (χ4v) is 5.02. The number of H-pyrrole nitrogens is 1. The maximum Gasteiger partial charge on any atom is 0.256 e. The minimum atomic E-state index is -0.944. The number of likely N-dealkylation sites (tertiary alicyclic amines) is 1. The summed E-state index contributed by atoms with van der Waals surface area (Å²) in [4.78, 5) is 46.8. The predicted molar refractivity (Wildman–Crippen MR) is 144 cm³/mol. The highest BCUT2D eigenvalue weighted by Crippen LogP contribution is 2.26. The molecule has 3 aromatic carbocycles. The first-order chi connectivity index (χ1) is 18.4. The first-order valence-electron chi connectivity index (χ1n) is 12.6. The summed E-state index contributed by atoms with van der Waals surface area (Å²) in [6.45, 7) is 0.417. The molecule has 194 valence electrons. The van der Waals surface area contributed by atoms with Gasteiger partial charge in [-0.15, -0.1) is 0 Å². The van der Waals surface area contributed by atoms with Crippen LogP contribution in [0.1, 0.15) is 33.9 Å². The number of para-hydroxylation sites is 1. The molecule has 8 heteroatoms. The number of rotatable bonds is 7. The van der Waals surface area contributed by atoms with Crippen molar-refractivity contribution in [2.24, 2.45) is 0 Å². The van der Waals surface area contributed by atoms with Gasteiger partial charge in [0.2, 0.25) is 11.8 Å². The molecule has 1 aliphatic heterocycles. The molecule has 38 heavy (non-hydrogen) atoms. The van der Waals surface area contributed by atoms with Crippen molar-refractivity contribution in [3.63, 3.8) is 0 Å². The second-order valence-corrected chi connectivity index (χ2v) is 9.64. The van der Waals surface area contributed by atoms with E-state index in [4.69, 9.17) is 0 Å². The SMILES string of the molecule is CN(Cc1ccccc1)C(=O)C(NC(=O)C1CC(O)CN1C(=O)c1c[nH]c2ccccc12)c1ccccc1. The number of fused-ring (bicyclic) bond motifs is 1. The summed E-state index contributed by atoms with van der Waals surface area (Å²) < 4.78 is 0. The minimum Gasteiger partial charge on any atom is -0.391 e. The number of likely N-dealkylation sites (N-methyl/N-ethyl adjacent to an activating group) is 1. The third-order valence-corrected chi connectivity index (χ3v) is 6.97. The Balaban J connectivity index is 1.38. The number of nitrogens with zero attached hydrogens (tertiary/aromatic N) is 2. The van der Waals surface area contributed by atoms with E-state index in [0.29, 0.717) is 17.7 Å². The van der Waals surface area contributed by atoms with E-state index in [-0.39, 0.29) is 24.8 Å². The van der Waals surface area contributed by atoms with E-state index in [1.54, 1.807) is 30.3 Å². The van der Waals surface area contributed by atoms with Crippen molar-refractivity contribution in [2.45, 2.75) is 31.2 Å². The highest BCUT2D eigenvalue weighted by atomic mass is 16.3. The Bertz CT molecular complexity index is 1440. The van der Waals surface area contributed by atoms with Crippen molar-refractivity contribution in [3.8, 4) is 0 Å². The van der Waals surface area contributed by atoms with Crippen molar-refractivity contribution in [2.75, 3.05) is 13.6 Å². The number of carbonyl (C=O) groups is 3. The number of hydrogen-bond acceptors (Lipinski definition) is 4. The molecule has 3 unspecified atom stereocenters. The van der Waals surface area contributed by atoms with Crippen molar-refractivity contribution >= 4 is 28.6 Å². The monoisotopic (exact) mass is 510 g/mol. The van der Waals surface area contributed by atoms with Crippen LogP contribution in [0, 0.1) is 0 Å². The molecule has 0 radical (unpaired) electrons. The van der Waals surface area contributed by atoms with E-state index in [9.17, 15) is 19.5 Å². The van der Waals surface area contributed by atoms with Crippen molar-refractivity contribution in [1.82, 2.24) is 20.1 Å². The third kappa shape index (κ3) is 5.17. The van der Waals surface area contributed by atoms with Gasteiger partial charge in [-0.2, -0.15) is 0 Å². The lowest BCUT2D eigenvalue weighted by molar-refractivity contribution is -0.137. The average Bonchev–Trinajstić information content (AvgIpc) is 3.56. The number of hydrogen-bond donors (Lipinski definition) is 3. The van der Waals surface area contributed by atoms with Crippen LogP contribution in [0.2, 0.25) is 0 Å². The quantitative estimate of drug-likeness (QED) is 0.355. The van der Waals surface area contributed by atoms with E-state index in [1.165, 1.54) is 4.90 Å². The number of benzene rings is 3. The molecule has 1 saturated heterocycles. The fraction of sp³-hybridized carbons (Fsp3) is 0.233. The van der Waals surface area contributed by atoms with Crippen LogP contribution in [0.4, 0.5) is 0 Å². The Morgan fingerprint density at radius 1 is 1.00 bits per heavy atom. The van der Waals surface area contributed by atoms with Crippen LogP contribution >= 0.6 is 0 Å². The number of aliphatic hydroxyl groups excluding tert-OH is 1. The van der Waals surface area contributed by atoms with E-state index in [2.05, 4.69) is 10.3 Å². The summed E-state index contributed by atoms with van der Waals surface area (Å²) in [6, 6.07) is 24.2. The number of β-amino-alcohol motifs (C(OH)–C–C–N with tert-alkyl or cyclic N) is 1. The molecule has 4 aromatic rings. The molecule has 5 rings (SSSR count). The van der Waals surface area contributed by atoms with Gasteiger partial charge >= 0.3 is 0 Å². The van der Waals surface area contributed by atoms with Gasteiger partial charge < -0.3 is 25.2 Å². The summed E-state index contributed by atoms with van der Waals surface area (Å²) in [7, 11) is 1.70. The maximum absolute atomic E-state index is 13.6. The van der Waals surface area contributed by atoms with Gasteiger partial charge in [-0.05, 0) is 17.2 Å². The Morgan fingerprint density at radius 2 is 1.66 bits per heavy atom. The molecule has 1 aromatic heterocycles. The van der Waals surface area contributed by atoms with Crippen LogP contribution in [-0.4, -0.2) is 63.4 Å². The number of amides is 3. The van der Waals surface area contributed by atoms with Gasteiger partial charge in [0.1, 0.15) is 12.1 Å². The van der Waals surface area contributed by atoms with Crippen molar-refractivity contribution in [1.29, 1.82) is 0 Å². The first kappa shape index (κ1) is 25.2. The van der Waals surface area contributed by atoms with Gasteiger partial charge in [0.15, 0.2) is 0 Å². The second-order valence-electron chi connectivity index (χ2n) is 9.64. The molecule has 0 bridgehead atoms. The highest BCUT2D eigenvalue weighted by Gasteiger charge is 2.41. The molecule has 1 fully saturated rings. The van der Waals surface area contributed by atoms with E-state index in [0.717, 1.165) is 16.5 Å². The molecule has 1 aliphatic rings. The summed E-state index contributed by atoms with van der Waals surface area (Å²) in [5.41, 5.74) is 2.85. The lowest BCUT2D eigenvalue weighted by atomic mass is 10.0. The van der Waals surface area contributed by atoms with Crippen LogP contribution in [-0.2, 0) is 16.1 Å². The van der Waals surface area contributed by atoms with Gasteiger partial charge in [0.25, 0.3) is 5.91 Å². The normalized spacial score (nSPS) is 17.8. The molecule has 0 spiro atoms. The second kappa shape index (κ2) is 10.9. The fourth-order valence-electron chi connectivity index (χ4n) is 5.02. The third-order valence-electron chi connectivity index (χ3n) is 6.97. The first-order valence-corrected chi connectivity index (χ1v) is 12.6. The molecular formula is C30H30N4O4. The molecule has 0 saturated carbocycles. The highest BCUT2D eigenvalue weighted by molar-refractivity contribution is 6.08. The van der Waals surface area contributed by atoms with Crippen molar-refractivity contribution < 1.29 is 19.5 Å².